The van der Waals surface area contributed by atoms with Gasteiger partial charge in [-0.05, 0) is 42.4 Å². The Morgan fingerprint density at radius 2 is 2.00 bits per heavy atom. The van der Waals surface area contributed by atoms with Crippen molar-refractivity contribution in [2.45, 2.75) is 65.2 Å². The average molecular weight is 306 g/mol. The molecule has 120 valence electrons. The first-order chi connectivity index (χ1) is 11.1. The van der Waals surface area contributed by atoms with Crippen LogP contribution >= 0.6 is 0 Å². The molecule has 0 atom stereocenters. The van der Waals surface area contributed by atoms with Crippen LogP contribution in [-0.4, -0.2) is 0 Å². The van der Waals surface area contributed by atoms with Crippen molar-refractivity contribution in [1.82, 2.24) is 0 Å². The highest BCUT2D eigenvalue weighted by atomic mass is 16.3. The Morgan fingerprint density at radius 1 is 1.17 bits per heavy atom. The quantitative estimate of drug-likeness (QED) is 0.644. The van der Waals surface area contributed by atoms with E-state index in [1.165, 1.54) is 39.0 Å². The Balaban J connectivity index is 2.05. The third-order valence-electron chi connectivity index (χ3n) is 5.69. The van der Waals surface area contributed by atoms with Crippen molar-refractivity contribution in [2.24, 2.45) is 0 Å². The topological polar surface area (TPSA) is 13.1 Å². The van der Waals surface area contributed by atoms with Gasteiger partial charge in [0.2, 0.25) is 0 Å². The molecular formula is C22H26O. The molecule has 0 saturated heterocycles. The molecule has 1 heterocycles. The first-order valence-electron chi connectivity index (χ1n) is 9.07. The van der Waals surface area contributed by atoms with Gasteiger partial charge in [-0.15, -0.1) is 0 Å². The van der Waals surface area contributed by atoms with Crippen molar-refractivity contribution in [2.75, 3.05) is 0 Å². The minimum absolute atomic E-state index is 0.0971. The summed E-state index contributed by atoms with van der Waals surface area (Å²) < 4.78 is 6.46. The molecule has 0 spiro atoms. The number of hydrogen-bond donors (Lipinski definition) is 0. The fraction of sp³-hybridized carbons (Fsp3) is 0.455. The maximum Gasteiger partial charge on any atom is 0.142 e. The molecule has 1 aromatic carbocycles. The summed E-state index contributed by atoms with van der Waals surface area (Å²) in [5.74, 6) is 1.21. The SMILES string of the molecule is CCCc1oc2c3c(ccc2c1CC)C(C)(C)C1=C3CCC=C1. The number of allylic oxidation sites excluding steroid dienone is 4. The van der Waals surface area contributed by atoms with E-state index in [4.69, 9.17) is 4.42 Å². The molecule has 0 N–H and O–H groups in total. The molecule has 2 aliphatic rings. The summed E-state index contributed by atoms with van der Waals surface area (Å²) in [4.78, 5) is 0. The number of fused-ring (bicyclic) bond motifs is 4. The van der Waals surface area contributed by atoms with E-state index in [0.717, 1.165) is 37.7 Å². The van der Waals surface area contributed by atoms with Crippen LogP contribution in [0.1, 0.15) is 69.4 Å². The Kier molecular flexibility index (Phi) is 3.30. The van der Waals surface area contributed by atoms with Crippen LogP contribution in [0.25, 0.3) is 16.5 Å². The molecule has 1 nitrogen and oxygen atoms in total. The highest BCUT2D eigenvalue weighted by molar-refractivity contribution is 5.99. The van der Waals surface area contributed by atoms with Gasteiger partial charge in [0.05, 0.1) is 0 Å². The normalized spacial score (nSPS) is 18.6. The van der Waals surface area contributed by atoms with Crippen LogP contribution in [0.15, 0.2) is 34.3 Å². The van der Waals surface area contributed by atoms with Gasteiger partial charge in [-0.25, -0.2) is 0 Å². The Bertz CT molecular complexity index is 842. The second kappa shape index (κ2) is 5.12. The van der Waals surface area contributed by atoms with Gasteiger partial charge in [0.15, 0.2) is 0 Å². The molecule has 1 aromatic heterocycles. The van der Waals surface area contributed by atoms with Crippen molar-refractivity contribution >= 4 is 16.5 Å². The van der Waals surface area contributed by atoms with Crippen LogP contribution in [0.5, 0.6) is 0 Å². The van der Waals surface area contributed by atoms with Crippen LogP contribution in [0.4, 0.5) is 0 Å². The second-order valence-corrected chi connectivity index (χ2v) is 7.43. The minimum Gasteiger partial charge on any atom is -0.460 e. The van der Waals surface area contributed by atoms with E-state index in [2.05, 4.69) is 52.0 Å². The van der Waals surface area contributed by atoms with Crippen molar-refractivity contribution in [3.63, 3.8) is 0 Å². The number of hydrogen-bond acceptors (Lipinski definition) is 1. The lowest BCUT2D eigenvalue weighted by molar-refractivity contribution is 0.537. The van der Waals surface area contributed by atoms with Gasteiger partial charge < -0.3 is 4.42 Å². The van der Waals surface area contributed by atoms with E-state index in [1.54, 1.807) is 0 Å². The summed E-state index contributed by atoms with van der Waals surface area (Å²) in [6, 6.07) is 4.66. The van der Waals surface area contributed by atoms with Gasteiger partial charge in [0.25, 0.3) is 0 Å². The van der Waals surface area contributed by atoms with Crippen molar-refractivity contribution < 1.29 is 4.42 Å². The summed E-state index contributed by atoms with van der Waals surface area (Å²) in [7, 11) is 0. The Hall–Kier alpha value is -1.76. The van der Waals surface area contributed by atoms with Crippen LogP contribution < -0.4 is 0 Å². The van der Waals surface area contributed by atoms with Crippen molar-refractivity contribution in [3.05, 3.63) is 52.3 Å². The molecule has 1 heteroatoms. The van der Waals surface area contributed by atoms with Crippen molar-refractivity contribution in [3.8, 4) is 0 Å². The summed E-state index contributed by atoms with van der Waals surface area (Å²) in [5, 5.41) is 1.34. The first kappa shape index (κ1) is 14.8. The van der Waals surface area contributed by atoms with Gasteiger partial charge in [0.1, 0.15) is 11.3 Å². The monoisotopic (exact) mass is 306 g/mol. The van der Waals surface area contributed by atoms with Crippen LogP contribution in [0.2, 0.25) is 0 Å². The zero-order valence-corrected chi connectivity index (χ0v) is 14.8. The number of aryl methyl sites for hydroxylation is 2. The fourth-order valence-corrected chi connectivity index (χ4v) is 4.55. The highest BCUT2D eigenvalue weighted by Crippen LogP contribution is 2.52. The maximum absolute atomic E-state index is 6.46. The summed E-state index contributed by atoms with van der Waals surface area (Å²) in [6.07, 6.45) is 10.2. The molecule has 0 fully saturated rings. The summed E-state index contributed by atoms with van der Waals surface area (Å²) >= 11 is 0. The molecule has 2 aromatic rings. The molecule has 23 heavy (non-hydrogen) atoms. The molecule has 2 aliphatic carbocycles. The van der Waals surface area contributed by atoms with E-state index in [9.17, 15) is 0 Å². The van der Waals surface area contributed by atoms with Gasteiger partial charge in [-0.2, -0.15) is 0 Å². The Labute approximate surface area is 139 Å². The van der Waals surface area contributed by atoms with E-state index in [-0.39, 0.29) is 5.41 Å². The second-order valence-electron chi connectivity index (χ2n) is 7.43. The fourth-order valence-electron chi connectivity index (χ4n) is 4.55. The predicted octanol–water partition coefficient (Wildman–Crippen LogP) is 6.34. The molecule has 0 unspecified atom stereocenters. The van der Waals surface area contributed by atoms with Crippen LogP contribution in [0.3, 0.4) is 0 Å². The molecular weight excluding hydrogens is 280 g/mol. The lowest BCUT2D eigenvalue weighted by Crippen LogP contribution is -2.16. The Morgan fingerprint density at radius 3 is 2.74 bits per heavy atom. The lowest BCUT2D eigenvalue weighted by Gasteiger charge is -2.23. The molecule has 0 radical (unpaired) electrons. The van der Waals surface area contributed by atoms with Gasteiger partial charge >= 0.3 is 0 Å². The standard InChI is InChI=1S/C22H26O/c1-5-9-19-14(6-2)15-12-13-18-20(21(15)23-19)16-10-7-8-11-17(16)22(18,3)4/h8,11-13H,5-7,9-10H2,1-4H3. The number of benzene rings is 1. The third kappa shape index (κ3) is 1.92. The van der Waals surface area contributed by atoms with Crippen LogP contribution in [-0.2, 0) is 18.3 Å². The van der Waals surface area contributed by atoms with Gasteiger partial charge in [-0.3, -0.25) is 0 Å². The summed E-state index contributed by atoms with van der Waals surface area (Å²) in [6.45, 7) is 9.18. The molecule has 0 saturated carbocycles. The average Bonchev–Trinajstić information content (AvgIpc) is 3.01. The minimum atomic E-state index is 0.0971. The predicted molar refractivity (Wildman–Crippen MR) is 97.9 cm³/mol. The zero-order valence-electron chi connectivity index (χ0n) is 14.8. The largest absolute Gasteiger partial charge is 0.460 e. The molecule has 0 amide bonds. The van der Waals surface area contributed by atoms with E-state index in [0.29, 0.717) is 0 Å². The number of rotatable bonds is 3. The maximum atomic E-state index is 6.46. The third-order valence-corrected chi connectivity index (χ3v) is 5.69. The van der Waals surface area contributed by atoms with Crippen molar-refractivity contribution in [1.29, 1.82) is 0 Å². The molecule has 0 bridgehead atoms. The van der Waals surface area contributed by atoms with E-state index in [1.807, 2.05) is 0 Å². The summed E-state index contributed by atoms with van der Waals surface area (Å²) in [5.41, 5.74) is 8.54. The van der Waals surface area contributed by atoms with Gasteiger partial charge in [-0.1, -0.05) is 52.0 Å². The zero-order chi connectivity index (χ0) is 16.2. The van der Waals surface area contributed by atoms with E-state index < -0.39 is 0 Å². The number of furan rings is 1. The highest BCUT2D eigenvalue weighted by Gasteiger charge is 2.39. The smallest absolute Gasteiger partial charge is 0.142 e. The molecule has 4 rings (SSSR count). The van der Waals surface area contributed by atoms with Gasteiger partial charge in [0, 0.05) is 28.3 Å². The van der Waals surface area contributed by atoms with E-state index >= 15 is 0 Å². The molecule has 0 aliphatic heterocycles. The van der Waals surface area contributed by atoms with Crippen LogP contribution in [0, 0.1) is 0 Å². The lowest BCUT2D eigenvalue weighted by atomic mass is 9.80. The first-order valence-corrected chi connectivity index (χ1v) is 9.07.